The van der Waals surface area contributed by atoms with Crippen LogP contribution in [-0.4, -0.2) is 26.5 Å². The number of benzene rings is 1. The molecule has 0 saturated carbocycles. The van der Waals surface area contributed by atoms with Gasteiger partial charge in [0.1, 0.15) is 0 Å². The predicted octanol–water partition coefficient (Wildman–Crippen LogP) is 1.85. The van der Waals surface area contributed by atoms with Crippen molar-refractivity contribution in [3.8, 4) is 11.4 Å². The summed E-state index contributed by atoms with van der Waals surface area (Å²) in [5.74, 6) is 0.513. The van der Waals surface area contributed by atoms with Crippen molar-refractivity contribution in [2.24, 2.45) is 5.41 Å². The number of carbonyl (C=O) groups is 1. The second-order valence-electron chi connectivity index (χ2n) is 5.02. The van der Waals surface area contributed by atoms with Crippen LogP contribution in [0.4, 0.5) is 5.69 Å². The SMILES string of the molecule is CC(C)(C)C(=O)Nc1ccc(-c2nn[nH]n2)cc1. The van der Waals surface area contributed by atoms with Gasteiger partial charge in [0.15, 0.2) is 0 Å². The van der Waals surface area contributed by atoms with Gasteiger partial charge in [0.25, 0.3) is 0 Å². The first-order chi connectivity index (χ1) is 8.47. The normalized spacial score (nSPS) is 11.3. The van der Waals surface area contributed by atoms with Crippen LogP contribution in [0.1, 0.15) is 20.8 Å². The molecule has 2 rings (SSSR count). The molecule has 0 aliphatic heterocycles. The Balaban J connectivity index is 2.12. The van der Waals surface area contributed by atoms with Crippen LogP contribution < -0.4 is 5.32 Å². The number of H-pyrrole nitrogens is 1. The third kappa shape index (κ3) is 2.71. The Morgan fingerprint density at radius 3 is 2.39 bits per heavy atom. The molecular formula is C12H15N5O. The Morgan fingerprint density at radius 2 is 1.89 bits per heavy atom. The van der Waals surface area contributed by atoms with E-state index in [-0.39, 0.29) is 5.91 Å². The Kier molecular flexibility index (Phi) is 3.10. The van der Waals surface area contributed by atoms with Crippen molar-refractivity contribution in [3.05, 3.63) is 24.3 Å². The zero-order valence-electron chi connectivity index (χ0n) is 10.6. The van der Waals surface area contributed by atoms with E-state index in [9.17, 15) is 4.79 Å². The van der Waals surface area contributed by atoms with Crippen LogP contribution in [0.2, 0.25) is 0 Å². The molecule has 6 nitrogen and oxygen atoms in total. The zero-order chi connectivity index (χ0) is 13.2. The summed E-state index contributed by atoms with van der Waals surface area (Å²) in [5, 5.41) is 16.5. The van der Waals surface area contributed by atoms with Gasteiger partial charge in [0.05, 0.1) is 0 Å². The highest BCUT2D eigenvalue weighted by Crippen LogP contribution is 2.20. The largest absolute Gasteiger partial charge is 0.326 e. The van der Waals surface area contributed by atoms with Crippen molar-refractivity contribution in [2.75, 3.05) is 5.32 Å². The number of nitrogens with zero attached hydrogens (tertiary/aromatic N) is 3. The number of hydrogen-bond acceptors (Lipinski definition) is 4. The number of carbonyl (C=O) groups excluding carboxylic acids is 1. The molecule has 6 heteroatoms. The summed E-state index contributed by atoms with van der Waals surface area (Å²) < 4.78 is 0. The molecule has 0 spiro atoms. The summed E-state index contributed by atoms with van der Waals surface area (Å²) in [7, 11) is 0. The summed E-state index contributed by atoms with van der Waals surface area (Å²) in [6.45, 7) is 5.61. The molecule has 0 bridgehead atoms. The minimum Gasteiger partial charge on any atom is -0.326 e. The molecule has 0 atom stereocenters. The third-order valence-corrected chi connectivity index (χ3v) is 2.43. The van der Waals surface area contributed by atoms with Gasteiger partial charge in [-0.25, -0.2) is 0 Å². The Bertz CT molecular complexity index is 525. The van der Waals surface area contributed by atoms with Crippen molar-refractivity contribution in [1.82, 2.24) is 20.6 Å². The maximum atomic E-state index is 11.8. The van der Waals surface area contributed by atoms with Crippen LogP contribution >= 0.6 is 0 Å². The van der Waals surface area contributed by atoms with Crippen molar-refractivity contribution < 1.29 is 4.79 Å². The molecule has 1 aromatic carbocycles. The lowest BCUT2D eigenvalue weighted by atomic mass is 9.95. The number of anilines is 1. The molecule has 18 heavy (non-hydrogen) atoms. The van der Waals surface area contributed by atoms with Gasteiger partial charge in [-0.05, 0) is 29.5 Å². The van der Waals surface area contributed by atoms with E-state index in [1.165, 1.54) is 0 Å². The minimum absolute atomic E-state index is 0.0187. The summed E-state index contributed by atoms with van der Waals surface area (Å²) >= 11 is 0. The second kappa shape index (κ2) is 4.56. The van der Waals surface area contributed by atoms with Gasteiger partial charge in [-0.1, -0.05) is 20.8 Å². The number of rotatable bonds is 2. The fourth-order valence-electron chi connectivity index (χ4n) is 1.31. The molecule has 1 aromatic heterocycles. The van der Waals surface area contributed by atoms with Gasteiger partial charge >= 0.3 is 0 Å². The van der Waals surface area contributed by atoms with E-state index in [2.05, 4.69) is 25.9 Å². The summed E-state index contributed by atoms with van der Waals surface area (Å²) in [4.78, 5) is 11.8. The Labute approximate surface area is 105 Å². The molecule has 0 aliphatic carbocycles. The Morgan fingerprint density at radius 1 is 1.22 bits per heavy atom. The van der Waals surface area contributed by atoms with Crippen molar-refractivity contribution in [1.29, 1.82) is 0 Å². The van der Waals surface area contributed by atoms with Gasteiger partial charge in [-0.3, -0.25) is 4.79 Å². The van der Waals surface area contributed by atoms with E-state index >= 15 is 0 Å². The maximum absolute atomic E-state index is 11.8. The molecule has 2 aromatic rings. The first-order valence-corrected chi connectivity index (χ1v) is 5.62. The van der Waals surface area contributed by atoms with Gasteiger partial charge in [-0.2, -0.15) is 5.21 Å². The molecule has 0 unspecified atom stereocenters. The van der Waals surface area contributed by atoms with Crippen LogP contribution in [0.3, 0.4) is 0 Å². The average molecular weight is 245 g/mol. The van der Waals surface area contributed by atoms with E-state index in [1.54, 1.807) is 0 Å². The van der Waals surface area contributed by atoms with Gasteiger partial charge in [-0.15, -0.1) is 10.2 Å². The van der Waals surface area contributed by atoms with Gasteiger partial charge in [0, 0.05) is 16.7 Å². The number of amides is 1. The van der Waals surface area contributed by atoms with Crippen molar-refractivity contribution in [2.45, 2.75) is 20.8 Å². The molecule has 1 amide bonds. The molecule has 0 radical (unpaired) electrons. The summed E-state index contributed by atoms with van der Waals surface area (Å²) in [5.41, 5.74) is 1.19. The molecule has 0 fully saturated rings. The molecule has 2 N–H and O–H groups in total. The number of aromatic amines is 1. The highest BCUT2D eigenvalue weighted by Gasteiger charge is 2.21. The molecule has 94 valence electrons. The quantitative estimate of drug-likeness (QED) is 0.845. The lowest BCUT2D eigenvalue weighted by Crippen LogP contribution is -2.27. The summed E-state index contributed by atoms with van der Waals surface area (Å²) in [6.07, 6.45) is 0. The van der Waals surface area contributed by atoms with E-state index in [1.807, 2.05) is 45.0 Å². The highest BCUT2D eigenvalue weighted by molar-refractivity contribution is 5.94. The molecule has 1 heterocycles. The lowest BCUT2D eigenvalue weighted by Gasteiger charge is -2.17. The molecule has 0 saturated heterocycles. The van der Waals surface area contributed by atoms with Gasteiger partial charge < -0.3 is 5.32 Å². The number of aromatic nitrogens is 4. The van der Waals surface area contributed by atoms with E-state index in [4.69, 9.17) is 0 Å². The maximum Gasteiger partial charge on any atom is 0.229 e. The van der Waals surface area contributed by atoms with E-state index < -0.39 is 5.41 Å². The second-order valence-corrected chi connectivity index (χ2v) is 5.02. The number of hydrogen-bond donors (Lipinski definition) is 2. The zero-order valence-corrected chi connectivity index (χ0v) is 10.6. The molecule has 0 aliphatic rings. The third-order valence-electron chi connectivity index (χ3n) is 2.43. The van der Waals surface area contributed by atoms with E-state index in [0.29, 0.717) is 5.82 Å². The lowest BCUT2D eigenvalue weighted by molar-refractivity contribution is -0.123. The minimum atomic E-state index is -0.410. The van der Waals surface area contributed by atoms with Crippen LogP contribution in [-0.2, 0) is 4.79 Å². The smallest absolute Gasteiger partial charge is 0.229 e. The van der Waals surface area contributed by atoms with Crippen LogP contribution in [0.5, 0.6) is 0 Å². The number of tetrazole rings is 1. The van der Waals surface area contributed by atoms with Crippen molar-refractivity contribution >= 4 is 11.6 Å². The first kappa shape index (κ1) is 12.2. The first-order valence-electron chi connectivity index (χ1n) is 5.62. The van der Waals surface area contributed by atoms with E-state index in [0.717, 1.165) is 11.3 Å². The predicted molar refractivity (Wildman–Crippen MR) is 67.7 cm³/mol. The topological polar surface area (TPSA) is 83.6 Å². The fraction of sp³-hybridized carbons (Fsp3) is 0.333. The van der Waals surface area contributed by atoms with Gasteiger partial charge in [0.2, 0.25) is 11.7 Å². The van der Waals surface area contributed by atoms with Crippen LogP contribution in [0.15, 0.2) is 24.3 Å². The van der Waals surface area contributed by atoms with Crippen LogP contribution in [0, 0.1) is 5.41 Å². The standard InChI is InChI=1S/C12H15N5O/c1-12(2,3)11(18)13-9-6-4-8(5-7-9)10-14-16-17-15-10/h4-7H,1-3H3,(H,13,18)(H,14,15,16,17). The molecular weight excluding hydrogens is 230 g/mol. The van der Waals surface area contributed by atoms with Crippen molar-refractivity contribution in [3.63, 3.8) is 0 Å². The Hall–Kier alpha value is -2.24. The fourth-order valence-corrected chi connectivity index (χ4v) is 1.31. The highest BCUT2D eigenvalue weighted by atomic mass is 16.2. The monoisotopic (exact) mass is 245 g/mol. The number of nitrogens with one attached hydrogen (secondary N) is 2. The van der Waals surface area contributed by atoms with Crippen LogP contribution in [0.25, 0.3) is 11.4 Å². The average Bonchev–Trinajstić information content (AvgIpc) is 2.82. The summed E-state index contributed by atoms with van der Waals surface area (Å²) in [6, 6.07) is 7.30.